The van der Waals surface area contributed by atoms with E-state index in [1.165, 1.54) is 5.56 Å². The van der Waals surface area contributed by atoms with Crippen molar-refractivity contribution in [1.82, 2.24) is 5.32 Å². The molecule has 2 N–H and O–H groups in total. The Morgan fingerprint density at radius 3 is 2.78 bits per heavy atom. The molecule has 0 aliphatic rings. The summed E-state index contributed by atoms with van der Waals surface area (Å²) >= 11 is 1.59. The van der Waals surface area contributed by atoms with Crippen LogP contribution in [-0.2, 0) is 11.3 Å². The zero-order chi connectivity index (χ0) is 13.6. The van der Waals surface area contributed by atoms with Crippen molar-refractivity contribution in [2.75, 3.05) is 12.3 Å². The number of benzene rings is 1. The molecule has 0 saturated heterocycles. The highest BCUT2D eigenvalue weighted by Crippen LogP contribution is 2.28. The van der Waals surface area contributed by atoms with E-state index in [2.05, 4.69) is 24.4 Å². The van der Waals surface area contributed by atoms with Crippen molar-refractivity contribution in [3.8, 4) is 0 Å². The van der Waals surface area contributed by atoms with Gasteiger partial charge in [0.1, 0.15) is 0 Å². The number of nitrogens with one attached hydrogen (secondary N) is 1. The lowest BCUT2D eigenvalue weighted by atomic mass is 9.97. The van der Waals surface area contributed by atoms with Gasteiger partial charge in [-0.2, -0.15) is 0 Å². The first-order valence-electron chi connectivity index (χ1n) is 6.11. The molecular formula is C14H21NO2S. The summed E-state index contributed by atoms with van der Waals surface area (Å²) in [5.74, 6) is -0.175. The fourth-order valence-electron chi connectivity index (χ4n) is 1.34. The van der Waals surface area contributed by atoms with Gasteiger partial charge in [-0.15, -0.1) is 11.8 Å². The molecule has 100 valence electrons. The normalized spacial score (nSPS) is 11.5. The van der Waals surface area contributed by atoms with Gasteiger partial charge in [-0.25, -0.2) is 0 Å². The van der Waals surface area contributed by atoms with Gasteiger partial charge in [0.2, 0.25) is 0 Å². The largest absolute Gasteiger partial charge is 0.481 e. The lowest BCUT2D eigenvalue weighted by molar-refractivity contribution is -0.145. The molecule has 0 aliphatic carbocycles. The number of thioether (sulfide) groups is 1. The minimum absolute atomic E-state index is 0.576. The summed E-state index contributed by atoms with van der Waals surface area (Å²) in [4.78, 5) is 12.2. The van der Waals surface area contributed by atoms with Crippen LogP contribution >= 0.6 is 11.8 Å². The summed E-state index contributed by atoms with van der Waals surface area (Å²) in [6, 6.07) is 8.24. The second kappa shape index (κ2) is 6.81. The number of carboxylic acid groups (broad SMARTS) is 1. The molecule has 0 unspecified atom stereocenters. The van der Waals surface area contributed by atoms with E-state index in [1.807, 2.05) is 12.1 Å². The van der Waals surface area contributed by atoms with Crippen molar-refractivity contribution in [3.63, 3.8) is 0 Å². The van der Waals surface area contributed by atoms with Crippen LogP contribution in [0.25, 0.3) is 0 Å². The summed E-state index contributed by atoms with van der Waals surface area (Å²) in [5.41, 5.74) is 0.539. The lowest BCUT2D eigenvalue weighted by Gasteiger charge is -2.18. The molecule has 0 saturated carbocycles. The quantitative estimate of drug-likeness (QED) is 0.746. The summed E-state index contributed by atoms with van der Waals surface area (Å²) in [6.07, 6.45) is 0. The molecule has 0 aromatic heterocycles. The van der Waals surface area contributed by atoms with Crippen molar-refractivity contribution in [2.45, 2.75) is 32.2 Å². The molecule has 1 rings (SSSR count). The number of aliphatic carboxylic acids is 1. The highest BCUT2D eigenvalue weighted by atomic mass is 32.2. The van der Waals surface area contributed by atoms with Crippen molar-refractivity contribution in [1.29, 1.82) is 0 Å². The fourth-order valence-corrected chi connectivity index (χ4v) is 2.40. The van der Waals surface area contributed by atoms with E-state index in [-0.39, 0.29) is 0 Å². The third kappa shape index (κ3) is 4.70. The summed E-state index contributed by atoms with van der Waals surface area (Å²) in [5, 5.41) is 12.3. The molecule has 1 aromatic carbocycles. The maximum Gasteiger partial charge on any atom is 0.309 e. The van der Waals surface area contributed by atoms with E-state index in [1.54, 1.807) is 25.6 Å². The van der Waals surface area contributed by atoms with Crippen molar-refractivity contribution >= 4 is 17.7 Å². The van der Waals surface area contributed by atoms with E-state index in [9.17, 15) is 4.79 Å². The molecule has 0 aliphatic heterocycles. The Balaban J connectivity index is 2.60. The molecule has 0 bridgehead atoms. The van der Waals surface area contributed by atoms with E-state index in [0.717, 1.165) is 18.0 Å². The third-order valence-corrected chi connectivity index (χ3v) is 4.11. The number of hydrogen-bond donors (Lipinski definition) is 2. The number of hydrogen-bond acceptors (Lipinski definition) is 3. The second-order valence-corrected chi connectivity index (χ2v) is 5.95. The van der Waals surface area contributed by atoms with Gasteiger partial charge in [0, 0.05) is 17.2 Å². The van der Waals surface area contributed by atoms with Gasteiger partial charge in [0.15, 0.2) is 0 Å². The molecule has 0 fully saturated rings. The monoisotopic (exact) mass is 267 g/mol. The van der Waals surface area contributed by atoms with Crippen molar-refractivity contribution in [3.05, 3.63) is 29.8 Å². The van der Waals surface area contributed by atoms with Gasteiger partial charge in [-0.1, -0.05) is 19.1 Å². The van der Waals surface area contributed by atoms with Crippen LogP contribution in [-0.4, -0.2) is 23.4 Å². The van der Waals surface area contributed by atoms with E-state index >= 15 is 0 Å². The average Bonchev–Trinajstić information content (AvgIpc) is 2.34. The predicted molar refractivity (Wildman–Crippen MR) is 76.0 cm³/mol. The molecule has 4 heteroatoms. The van der Waals surface area contributed by atoms with E-state index in [0.29, 0.717) is 5.75 Å². The Morgan fingerprint density at radius 2 is 2.17 bits per heavy atom. The average molecular weight is 267 g/mol. The first-order chi connectivity index (χ1) is 8.45. The highest BCUT2D eigenvalue weighted by molar-refractivity contribution is 7.99. The Hall–Kier alpha value is -1.00. The Labute approximate surface area is 113 Å². The topological polar surface area (TPSA) is 49.3 Å². The van der Waals surface area contributed by atoms with Crippen LogP contribution in [0.1, 0.15) is 26.3 Å². The lowest BCUT2D eigenvalue weighted by Crippen LogP contribution is -2.26. The minimum Gasteiger partial charge on any atom is -0.481 e. The molecule has 0 atom stereocenters. The smallest absolute Gasteiger partial charge is 0.309 e. The summed E-state index contributed by atoms with van der Waals surface area (Å²) in [6.45, 7) is 7.39. The van der Waals surface area contributed by atoms with Crippen LogP contribution in [0.3, 0.4) is 0 Å². The first kappa shape index (κ1) is 15.1. The molecule has 0 amide bonds. The summed E-state index contributed by atoms with van der Waals surface area (Å²) in [7, 11) is 0. The van der Waals surface area contributed by atoms with Crippen LogP contribution in [0.2, 0.25) is 0 Å². The van der Waals surface area contributed by atoms with Crippen molar-refractivity contribution in [2.24, 2.45) is 5.41 Å². The highest BCUT2D eigenvalue weighted by Gasteiger charge is 2.26. The number of carboxylic acids is 1. The van der Waals surface area contributed by atoms with Crippen LogP contribution in [0, 0.1) is 5.41 Å². The zero-order valence-corrected chi connectivity index (χ0v) is 12.0. The molecule has 0 spiro atoms. The predicted octanol–water partition coefficient (Wildman–Crippen LogP) is 3.00. The Morgan fingerprint density at radius 1 is 1.44 bits per heavy atom. The van der Waals surface area contributed by atoms with Gasteiger partial charge in [-0.05, 0) is 38.1 Å². The van der Waals surface area contributed by atoms with Crippen LogP contribution < -0.4 is 5.32 Å². The molecule has 0 heterocycles. The number of rotatable bonds is 7. The van der Waals surface area contributed by atoms with Gasteiger partial charge >= 0.3 is 5.97 Å². The second-order valence-electron chi connectivity index (χ2n) is 4.91. The van der Waals surface area contributed by atoms with Gasteiger partial charge < -0.3 is 10.4 Å². The van der Waals surface area contributed by atoms with Crippen molar-refractivity contribution < 1.29 is 9.90 Å². The van der Waals surface area contributed by atoms with E-state index < -0.39 is 11.4 Å². The first-order valence-corrected chi connectivity index (χ1v) is 7.10. The van der Waals surface area contributed by atoms with Gasteiger partial charge in [0.05, 0.1) is 5.41 Å². The fraction of sp³-hybridized carbons (Fsp3) is 0.500. The van der Waals surface area contributed by atoms with Crippen LogP contribution in [0.4, 0.5) is 0 Å². The van der Waals surface area contributed by atoms with Gasteiger partial charge in [0.25, 0.3) is 0 Å². The zero-order valence-electron chi connectivity index (χ0n) is 11.2. The summed E-state index contributed by atoms with van der Waals surface area (Å²) < 4.78 is 0. The Bertz CT molecular complexity index is 405. The molecule has 0 radical (unpaired) electrons. The molecule has 1 aromatic rings. The minimum atomic E-state index is -0.751. The number of carbonyl (C=O) groups is 1. The molecule has 18 heavy (non-hydrogen) atoms. The maximum absolute atomic E-state index is 11.0. The third-order valence-electron chi connectivity index (χ3n) is 2.66. The Kier molecular flexibility index (Phi) is 5.69. The van der Waals surface area contributed by atoms with Crippen LogP contribution in [0.5, 0.6) is 0 Å². The standard InChI is InChI=1S/C14H21NO2S/c1-4-15-9-11-6-5-7-12(8-11)18-10-14(2,3)13(16)17/h5-8,15H,4,9-10H2,1-3H3,(H,16,17). The van der Waals surface area contributed by atoms with Crippen LogP contribution in [0.15, 0.2) is 29.2 Å². The van der Waals surface area contributed by atoms with Gasteiger partial charge in [-0.3, -0.25) is 4.79 Å². The van der Waals surface area contributed by atoms with E-state index in [4.69, 9.17) is 5.11 Å². The molecular weight excluding hydrogens is 246 g/mol. The molecule has 3 nitrogen and oxygen atoms in total. The maximum atomic E-state index is 11.0. The SMILES string of the molecule is CCNCc1cccc(SCC(C)(C)C(=O)O)c1.